The first-order valence-corrected chi connectivity index (χ1v) is 9.44. The predicted molar refractivity (Wildman–Crippen MR) is 94.6 cm³/mol. The minimum Gasteiger partial charge on any atom is -0.353 e. The molecular weight excluding hydrogens is 304 g/mol. The molecule has 23 heavy (non-hydrogen) atoms. The lowest BCUT2D eigenvalue weighted by Crippen LogP contribution is -2.40. The molecule has 0 aliphatic heterocycles. The molecular formula is C19H22N2OS. The van der Waals surface area contributed by atoms with Crippen molar-refractivity contribution in [2.75, 3.05) is 0 Å². The molecule has 2 aliphatic carbocycles. The van der Waals surface area contributed by atoms with Crippen molar-refractivity contribution in [1.82, 2.24) is 10.3 Å². The van der Waals surface area contributed by atoms with Gasteiger partial charge in [-0.3, -0.25) is 4.79 Å². The van der Waals surface area contributed by atoms with Crippen LogP contribution in [-0.2, 0) is 4.79 Å². The van der Waals surface area contributed by atoms with E-state index in [1.54, 1.807) is 11.3 Å². The Kier molecular flexibility index (Phi) is 4.17. The standard InChI is InChI=1S/C19H22N2OS/c22-18(20-13-7-1-2-8-13)14-9-3-4-10-15(14)19-21-16-11-5-6-12-17(16)23-19/h3-6,11-15H,1-2,7-10H2,(H,20,22). The second kappa shape index (κ2) is 6.44. The van der Waals surface area contributed by atoms with Crippen LogP contribution < -0.4 is 5.32 Å². The summed E-state index contributed by atoms with van der Waals surface area (Å²) in [6.07, 6.45) is 10.9. The number of benzene rings is 1. The number of carbonyl (C=O) groups excluding carboxylic acids is 1. The molecule has 0 saturated heterocycles. The number of aromatic nitrogens is 1. The molecule has 2 aromatic rings. The van der Waals surface area contributed by atoms with Crippen LogP contribution in [0.5, 0.6) is 0 Å². The molecule has 1 aromatic heterocycles. The van der Waals surface area contributed by atoms with E-state index in [0.717, 1.165) is 36.2 Å². The van der Waals surface area contributed by atoms with E-state index in [0.29, 0.717) is 6.04 Å². The zero-order chi connectivity index (χ0) is 15.6. The molecule has 1 N–H and O–H groups in total. The quantitative estimate of drug-likeness (QED) is 0.849. The number of allylic oxidation sites excluding steroid dienone is 2. The summed E-state index contributed by atoms with van der Waals surface area (Å²) in [7, 11) is 0. The van der Waals surface area contributed by atoms with Crippen LogP contribution in [0.15, 0.2) is 36.4 Å². The maximum Gasteiger partial charge on any atom is 0.224 e. The van der Waals surface area contributed by atoms with Gasteiger partial charge in [-0.2, -0.15) is 0 Å². The minimum absolute atomic E-state index is 0.0289. The molecule has 1 aromatic carbocycles. The van der Waals surface area contributed by atoms with Gasteiger partial charge in [-0.15, -0.1) is 11.3 Å². The van der Waals surface area contributed by atoms with E-state index in [-0.39, 0.29) is 17.7 Å². The molecule has 2 unspecified atom stereocenters. The van der Waals surface area contributed by atoms with E-state index in [1.807, 2.05) is 6.07 Å². The summed E-state index contributed by atoms with van der Waals surface area (Å²) in [5.41, 5.74) is 1.05. The number of rotatable bonds is 3. The van der Waals surface area contributed by atoms with E-state index in [2.05, 4.69) is 35.7 Å². The number of nitrogens with zero attached hydrogens (tertiary/aromatic N) is 1. The Morgan fingerprint density at radius 1 is 1.13 bits per heavy atom. The summed E-state index contributed by atoms with van der Waals surface area (Å²) >= 11 is 1.74. The second-order valence-electron chi connectivity index (χ2n) is 6.67. The molecule has 0 radical (unpaired) electrons. The van der Waals surface area contributed by atoms with Gasteiger partial charge >= 0.3 is 0 Å². The molecule has 1 amide bonds. The normalized spacial score (nSPS) is 25.0. The highest BCUT2D eigenvalue weighted by Gasteiger charge is 2.33. The number of hydrogen-bond donors (Lipinski definition) is 1. The third-order valence-electron chi connectivity index (χ3n) is 5.10. The zero-order valence-corrected chi connectivity index (χ0v) is 14.0. The second-order valence-corrected chi connectivity index (χ2v) is 7.73. The Bertz CT molecular complexity index is 697. The number of fused-ring (bicyclic) bond motifs is 1. The predicted octanol–water partition coefficient (Wildman–Crippen LogP) is 4.40. The molecule has 0 bridgehead atoms. The van der Waals surface area contributed by atoms with Crippen LogP contribution in [0.2, 0.25) is 0 Å². The fourth-order valence-corrected chi connectivity index (χ4v) is 4.95. The minimum atomic E-state index is 0.0289. The van der Waals surface area contributed by atoms with Crippen molar-refractivity contribution >= 4 is 27.5 Å². The van der Waals surface area contributed by atoms with Gasteiger partial charge < -0.3 is 5.32 Å². The van der Waals surface area contributed by atoms with Gasteiger partial charge in [-0.1, -0.05) is 37.1 Å². The van der Waals surface area contributed by atoms with Crippen molar-refractivity contribution in [3.05, 3.63) is 41.4 Å². The summed E-state index contributed by atoms with van der Waals surface area (Å²) in [6, 6.07) is 8.64. The van der Waals surface area contributed by atoms with E-state index >= 15 is 0 Å². The van der Waals surface area contributed by atoms with Gasteiger partial charge in [0, 0.05) is 12.0 Å². The van der Waals surface area contributed by atoms with E-state index in [1.165, 1.54) is 17.5 Å². The highest BCUT2D eigenvalue weighted by Crippen LogP contribution is 2.38. The van der Waals surface area contributed by atoms with Gasteiger partial charge in [0.05, 0.1) is 21.1 Å². The largest absolute Gasteiger partial charge is 0.353 e. The van der Waals surface area contributed by atoms with Crippen LogP contribution in [0.3, 0.4) is 0 Å². The van der Waals surface area contributed by atoms with Gasteiger partial charge in [-0.05, 0) is 37.8 Å². The number of para-hydroxylation sites is 1. The van der Waals surface area contributed by atoms with Gasteiger partial charge in [0.15, 0.2) is 0 Å². The summed E-state index contributed by atoms with van der Waals surface area (Å²) in [5.74, 6) is 0.477. The topological polar surface area (TPSA) is 42.0 Å². The van der Waals surface area contributed by atoms with Crippen molar-refractivity contribution in [2.24, 2.45) is 5.92 Å². The SMILES string of the molecule is O=C(NC1CCCC1)C1CC=CCC1c1nc2ccccc2s1. The molecule has 2 atom stereocenters. The Hall–Kier alpha value is -1.68. The molecule has 0 spiro atoms. The lowest BCUT2D eigenvalue weighted by Gasteiger charge is -2.27. The number of hydrogen-bond acceptors (Lipinski definition) is 3. The van der Waals surface area contributed by atoms with Crippen LogP contribution in [0.1, 0.15) is 49.5 Å². The van der Waals surface area contributed by atoms with Gasteiger partial charge in [0.25, 0.3) is 0 Å². The Balaban J connectivity index is 1.57. The fourth-order valence-electron chi connectivity index (χ4n) is 3.80. The van der Waals surface area contributed by atoms with Crippen molar-refractivity contribution in [1.29, 1.82) is 0 Å². The summed E-state index contributed by atoms with van der Waals surface area (Å²) < 4.78 is 1.21. The van der Waals surface area contributed by atoms with Crippen LogP contribution in [0, 0.1) is 5.92 Å². The molecule has 2 aliphatic rings. The smallest absolute Gasteiger partial charge is 0.224 e. The lowest BCUT2D eigenvalue weighted by molar-refractivity contribution is -0.126. The van der Waals surface area contributed by atoms with E-state index in [9.17, 15) is 4.79 Å². The number of nitrogens with one attached hydrogen (secondary N) is 1. The van der Waals surface area contributed by atoms with Crippen LogP contribution in [0.25, 0.3) is 10.2 Å². The lowest BCUT2D eigenvalue weighted by atomic mass is 9.82. The first-order chi connectivity index (χ1) is 11.3. The Morgan fingerprint density at radius 2 is 1.91 bits per heavy atom. The molecule has 1 saturated carbocycles. The van der Waals surface area contributed by atoms with Crippen molar-refractivity contribution < 1.29 is 4.79 Å². The average molecular weight is 326 g/mol. The summed E-state index contributed by atoms with van der Waals surface area (Å²) in [6.45, 7) is 0. The molecule has 3 nitrogen and oxygen atoms in total. The summed E-state index contributed by atoms with van der Waals surface area (Å²) in [4.78, 5) is 17.6. The molecule has 4 rings (SSSR count). The molecule has 1 fully saturated rings. The number of carbonyl (C=O) groups is 1. The highest BCUT2D eigenvalue weighted by atomic mass is 32.1. The highest BCUT2D eigenvalue weighted by molar-refractivity contribution is 7.18. The summed E-state index contributed by atoms with van der Waals surface area (Å²) in [5, 5.41) is 4.40. The number of amides is 1. The third kappa shape index (κ3) is 3.05. The van der Waals surface area contributed by atoms with Crippen molar-refractivity contribution in [2.45, 2.75) is 50.5 Å². The molecule has 1 heterocycles. The van der Waals surface area contributed by atoms with Crippen molar-refractivity contribution in [3.63, 3.8) is 0 Å². The third-order valence-corrected chi connectivity index (χ3v) is 6.27. The van der Waals surface area contributed by atoms with Gasteiger partial charge in [-0.25, -0.2) is 4.98 Å². The number of thiazole rings is 1. The average Bonchev–Trinajstić information content (AvgIpc) is 3.23. The molecule has 120 valence electrons. The van der Waals surface area contributed by atoms with Crippen LogP contribution >= 0.6 is 11.3 Å². The van der Waals surface area contributed by atoms with Crippen LogP contribution in [0.4, 0.5) is 0 Å². The molecule has 4 heteroatoms. The zero-order valence-electron chi connectivity index (χ0n) is 13.2. The van der Waals surface area contributed by atoms with E-state index in [4.69, 9.17) is 4.98 Å². The Labute approximate surface area is 140 Å². The first kappa shape index (κ1) is 14.9. The van der Waals surface area contributed by atoms with Crippen LogP contribution in [-0.4, -0.2) is 16.9 Å². The maximum atomic E-state index is 12.8. The van der Waals surface area contributed by atoms with Gasteiger partial charge in [0.2, 0.25) is 5.91 Å². The van der Waals surface area contributed by atoms with E-state index < -0.39 is 0 Å². The van der Waals surface area contributed by atoms with Crippen molar-refractivity contribution in [3.8, 4) is 0 Å². The Morgan fingerprint density at radius 3 is 2.74 bits per heavy atom. The monoisotopic (exact) mass is 326 g/mol. The van der Waals surface area contributed by atoms with Gasteiger partial charge in [0.1, 0.15) is 0 Å². The fraction of sp³-hybridized carbons (Fsp3) is 0.474. The first-order valence-electron chi connectivity index (χ1n) is 8.62. The maximum absolute atomic E-state index is 12.8.